The zero-order valence-electron chi connectivity index (χ0n) is 13.2. The Hall–Kier alpha value is -2.83. The fourth-order valence-electron chi connectivity index (χ4n) is 3.64. The number of carbonyl (C=O) groups excluding carboxylic acids is 3. The number of ketones is 3. The molecule has 0 unspecified atom stereocenters. The topological polar surface area (TPSA) is 112 Å². The summed E-state index contributed by atoms with van der Waals surface area (Å²) in [4.78, 5) is 38.3. The fourth-order valence-corrected chi connectivity index (χ4v) is 3.64. The Morgan fingerprint density at radius 2 is 1.60 bits per heavy atom. The van der Waals surface area contributed by atoms with E-state index in [9.17, 15) is 29.7 Å². The van der Waals surface area contributed by atoms with Gasteiger partial charge in [-0.3, -0.25) is 14.4 Å². The lowest BCUT2D eigenvalue weighted by Gasteiger charge is -2.35. The summed E-state index contributed by atoms with van der Waals surface area (Å²) in [5.41, 5.74) is -1.38. The molecule has 0 spiro atoms. The summed E-state index contributed by atoms with van der Waals surface area (Å²) < 4.78 is 0. The van der Waals surface area contributed by atoms with Gasteiger partial charge in [0.2, 0.25) is 0 Å². The molecule has 6 nitrogen and oxygen atoms in total. The normalized spacial score (nSPS) is 24.6. The maximum absolute atomic E-state index is 12.9. The summed E-state index contributed by atoms with van der Waals surface area (Å²) in [6.45, 7) is 1.35. The van der Waals surface area contributed by atoms with E-state index in [-0.39, 0.29) is 40.0 Å². The highest BCUT2D eigenvalue weighted by molar-refractivity contribution is 6.32. The zero-order chi connectivity index (χ0) is 18.1. The van der Waals surface area contributed by atoms with Gasteiger partial charge in [0.05, 0.1) is 11.2 Å². The molecule has 2 atom stereocenters. The molecule has 0 bridgehead atoms. The second-order valence-electron chi connectivity index (χ2n) is 6.68. The molecule has 126 valence electrons. The second kappa shape index (κ2) is 4.84. The summed E-state index contributed by atoms with van der Waals surface area (Å²) in [6, 6.07) is 7.10. The first-order chi connectivity index (χ1) is 11.7. The van der Waals surface area contributed by atoms with Crippen molar-refractivity contribution in [3.05, 3.63) is 63.7 Å². The van der Waals surface area contributed by atoms with E-state index >= 15 is 0 Å². The first-order valence-corrected chi connectivity index (χ1v) is 7.76. The molecule has 4 rings (SSSR count). The standard InChI is InChI=1S/C19H14O6/c1-19(25)7-8-5-6-10-14(12(8)17(23)18(19)24)16(22)9-3-2-4-11(20)13(9)15(10)21/h2-6,18,20,24-25H,7H2,1H3/t18-,19-/m0/s1. The zero-order valence-corrected chi connectivity index (χ0v) is 13.2. The lowest BCUT2D eigenvalue weighted by atomic mass is 9.72. The number of benzene rings is 2. The minimum Gasteiger partial charge on any atom is -0.507 e. The molecule has 2 aliphatic rings. The Labute approximate surface area is 142 Å². The summed E-state index contributed by atoms with van der Waals surface area (Å²) in [7, 11) is 0. The maximum Gasteiger partial charge on any atom is 0.198 e. The third-order valence-corrected chi connectivity index (χ3v) is 4.91. The van der Waals surface area contributed by atoms with Gasteiger partial charge in [0.15, 0.2) is 17.3 Å². The van der Waals surface area contributed by atoms with Gasteiger partial charge in [-0.05, 0) is 24.6 Å². The molecule has 3 N–H and O–H groups in total. The van der Waals surface area contributed by atoms with Crippen LogP contribution in [0.4, 0.5) is 0 Å². The average molecular weight is 338 g/mol. The van der Waals surface area contributed by atoms with Crippen molar-refractivity contribution in [1.82, 2.24) is 0 Å². The molecule has 0 amide bonds. The van der Waals surface area contributed by atoms with Crippen LogP contribution in [0.2, 0.25) is 0 Å². The van der Waals surface area contributed by atoms with E-state index in [0.29, 0.717) is 5.56 Å². The quantitative estimate of drug-likeness (QED) is 0.564. The Morgan fingerprint density at radius 3 is 2.32 bits per heavy atom. The lowest BCUT2D eigenvalue weighted by Crippen LogP contribution is -2.50. The van der Waals surface area contributed by atoms with Gasteiger partial charge < -0.3 is 15.3 Å². The molecule has 2 aromatic carbocycles. The Kier molecular flexibility index (Phi) is 3.04. The first kappa shape index (κ1) is 15.7. The molecule has 0 aliphatic heterocycles. The predicted molar refractivity (Wildman–Crippen MR) is 86.1 cm³/mol. The van der Waals surface area contributed by atoms with Crippen molar-refractivity contribution in [3.8, 4) is 5.75 Å². The minimum absolute atomic E-state index is 0.0137. The van der Waals surface area contributed by atoms with Gasteiger partial charge in [-0.25, -0.2) is 0 Å². The van der Waals surface area contributed by atoms with Crippen molar-refractivity contribution in [2.45, 2.75) is 25.0 Å². The number of carbonyl (C=O) groups is 3. The lowest BCUT2D eigenvalue weighted by molar-refractivity contribution is -0.0488. The molecule has 6 heteroatoms. The van der Waals surface area contributed by atoms with Gasteiger partial charge in [-0.15, -0.1) is 0 Å². The van der Waals surface area contributed by atoms with Gasteiger partial charge in [0.25, 0.3) is 0 Å². The summed E-state index contributed by atoms with van der Waals surface area (Å²) in [5, 5.41) is 30.3. The number of phenolic OH excluding ortho intramolecular Hbond substituents is 1. The highest BCUT2D eigenvalue weighted by Gasteiger charge is 2.46. The first-order valence-electron chi connectivity index (χ1n) is 7.76. The van der Waals surface area contributed by atoms with Gasteiger partial charge >= 0.3 is 0 Å². The van der Waals surface area contributed by atoms with Gasteiger partial charge in [-0.2, -0.15) is 0 Å². The highest BCUT2D eigenvalue weighted by Crippen LogP contribution is 2.38. The Bertz CT molecular complexity index is 986. The number of aliphatic hydroxyl groups is 2. The molecule has 25 heavy (non-hydrogen) atoms. The molecule has 2 aromatic rings. The van der Waals surface area contributed by atoms with E-state index in [1.807, 2.05) is 0 Å². The van der Waals surface area contributed by atoms with Crippen LogP contribution < -0.4 is 0 Å². The number of aromatic hydroxyl groups is 1. The molecular formula is C19H14O6. The molecule has 0 aromatic heterocycles. The van der Waals surface area contributed by atoms with E-state index in [2.05, 4.69) is 0 Å². The van der Waals surface area contributed by atoms with Crippen molar-refractivity contribution in [3.63, 3.8) is 0 Å². The number of hydrogen-bond acceptors (Lipinski definition) is 6. The van der Waals surface area contributed by atoms with Crippen LogP contribution >= 0.6 is 0 Å². The van der Waals surface area contributed by atoms with Crippen LogP contribution in [0, 0.1) is 0 Å². The Balaban J connectivity index is 2.03. The van der Waals surface area contributed by atoms with Crippen LogP contribution in [0.3, 0.4) is 0 Å². The predicted octanol–water partition coefficient (Wildman–Crippen LogP) is 1.02. The van der Waals surface area contributed by atoms with Crippen LogP contribution in [0.1, 0.15) is 54.7 Å². The van der Waals surface area contributed by atoms with Gasteiger partial charge in [0.1, 0.15) is 11.9 Å². The van der Waals surface area contributed by atoms with Crippen LogP contribution in [0.15, 0.2) is 30.3 Å². The summed E-state index contributed by atoms with van der Waals surface area (Å²) in [5.74, 6) is -2.19. The summed E-state index contributed by atoms with van der Waals surface area (Å²) >= 11 is 0. The van der Waals surface area contributed by atoms with E-state index < -0.39 is 29.1 Å². The average Bonchev–Trinajstić information content (AvgIpc) is 2.56. The smallest absolute Gasteiger partial charge is 0.198 e. The number of phenols is 1. The van der Waals surface area contributed by atoms with E-state index in [0.717, 1.165) is 0 Å². The van der Waals surface area contributed by atoms with E-state index in [1.165, 1.54) is 37.3 Å². The molecule has 0 fully saturated rings. The monoisotopic (exact) mass is 338 g/mol. The van der Waals surface area contributed by atoms with E-state index in [1.54, 1.807) is 0 Å². The van der Waals surface area contributed by atoms with Crippen LogP contribution in [-0.2, 0) is 6.42 Å². The van der Waals surface area contributed by atoms with Crippen molar-refractivity contribution in [2.24, 2.45) is 0 Å². The van der Waals surface area contributed by atoms with E-state index in [4.69, 9.17) is 0 Å². The number of Topliss-reactive ketones (excluding diaryl/α,β-unsaturated/α-hetero) is 1. The third-order valence-electron chi connectivity index (χ3n) is 4.91. The van der Waals surface area contributed by atoms with Crippen LogP contribution in [0.5, 0.6) is 5.75 Å². The molecule has 0 saturated heterocycles. The van der Waals surface area contributed by atoms with Crippen molar-refractivity contribution in [1.29, 1.82) is 0 Å². The largest absolute Gasteiger partial charge is 0.507 e. The van der Waals surface area contributed by atoms with Gasteiger partial charge in [-0.1, -0.05) is 18.2 Å². The second-order valence-corrected chi connectivity index (χ2v) is 6.68. The molecule has 0 heterocycles. The minimum atomic E-state index is -1.68. The molecular weight excluding hydrogens is 324 g/mol. The Morgan fingerprint density at radius 1 is 0.960 bits per heavy atom. The number of aliphatic hydroxyl groups excluding tert-OH is 1. The molecule has 0 saturated carbocycles. The maximum atomic E-state index is 12.9. The fraction of sp³-hybridized carbons (Fsp3) is 0.211. The third kappa shape index (κ3) is 1.95. The van der Waals surface area contributed by atoms with Crippen molar-refractivity contribution in [2.75, 3.05) is 0 Å². The van der Waals surface area contributed by atoms with Crippen molar-refractivity contribution < 1.29 is 29.7 Å². The van der Waals surface area contributed by atoms with Crippen LogP contribution in [0.25, 0.3) is 0 Å². The summed E-state index contributed by atoms with van der Waals surface area (Å²) in [6.07, 6.45) is -1.70. The van der Waals surface area contributed by atoms with Crippen molar-refractivity contribution >= 4 is 17.3 Å². The molecule has 2 aliphatic carbocycles. The number of fused-ring (bicyclic) bond motifs is 4. The number of rotatable bonds is 0. The SMILES string of the molecule is C[C@]1(O)Cc2ccc3c(c2C(=O)[C@@H]1O)C(=O)c1cccc(O)c1C3=O. The highest BCUT2D eigenvalue weighted by atomic mass is 16.3. The number of hydrogen-bond donors (Lipinski definition) is 3. The van der Waals surface area contributed by atoms with Crippen LogP contribution in [-0.4, -0.2) is 44.4 Å². The molecule has 0 radical (unpaired) electrons. The van der Waals surface area contributed by atoms with Gasteiger partial charge in [0, 0.05) is 28.7 Å².